The molecule has 2 N–H and O–H groups in total. The first-order chi connectivity index (χ1) is 8.81. The highest BCUT2D eigenvalue weighted by Gasteiger charge is 2.22. The van der Waals surface area contributed by atoms with E-state index in [1.165, 1.54) is 37.2 Å². The Morgan fingerprint density at radius 1 is 1.11 bits per heavy atom. The smallest absolute Gasteiger partial charge is 0.0796 e. The van der Waals surface area contributed by atoms with E-state index in [1.807, 2.05) is 30.3 Å². The topological polar surface area (TPSA) is 43.7 Å². The molecule has 3 nitrogen and oxygen atoms in total. The molecule has 0 spiro atoms. The second kappa shape index (κ2) is 6.76. The van der Waals surface area contributed by atoms with Crippen molar-refractivity contribution in [1.82, 2.24) is 0 Å². The predicted octanol–water partition coefficient (Wildman–Crippen LogP) is 3.21. The summed E-state index contributed by atoms with van der Waals surface area (Å²) < 4.78 is 0. The molecule has 3 heteroatoms. The number of hydroxylamine groups is 1. The summed E-state index contributed by atoms with van der Waals surface area (Å²) in [5, 5.41) is 20.9. The number of anilines is 1. The zero-order valence-electron chi connectivity index (χ0n) is 10.8. The molecule has 1 fully saturated rings. The number of rotatable bonds is 5. The first kappa shape index (κ1) is 13.4. The lowest BCUT2D eigenvalue weighted by Gasteiger charge is -2.31. The average Bonchev–Trinajstić information content (AvgIpc) is 2.46. The molecule has 0 heterocycles. The lowest BCUT2D eigenvalue weighted by atomic mass is 9.85. The predicted molar refractivity (Wildman–Crippen MR) is 72.8 cm³/mol. The van der Waals surface area contributed by atoms with Crippen LogP contribution >= 0.6 is 0 Å². The fourth-order valence-electron chi connectivity index (χ4n) is 2.85. The van der Waals surface area contributed by atoms with Gasteiger partial charge in [0.15, 0.2) is 0 Å². The van der Waals surface area contributed by atoms with Gasteiger partial charge in [-0.3, -0.25) is 10.3 Å². The van der Waals surface area contributed by atoms with Crippen LogP contribution in [0.5, 0.6) is 0 Å². The van der Waals surface area contributed by atoms with Gasteiger partial charge in [-0.25, -0.2) is 0 Å². The van der Waals surface area contributed by atoms with Crippen LogP contribution in [0, 0.1) is 5.92 Å². The quantitative estimate of drug-likeness (QED) is 0.787. The van der Waals surface area contributed by atoms with E-state index >= 15 is 0 Å². The average molecular weight is 249 g/mol. The van der Waals surface area contributed by atoms with Crippen molar-refractivity contribution in [3.63, 3.8) is 0 Å². The van der Waals surface area contributed by atoms with Crippen LogP contribution in [0.15, 0.2) is 30.3 Å². The van der Waals surface area contributed by atoms with Crippen molar-refractivity contribution in [2.45, 2.75) is 44.6 Å². The van der Waals surface area contributed by atoms with Gasteiger partial charge in [-0.15, -0.1) is 0 Å². The molecule has 1 unspecified atom stereocenters. The molecular weight excluding hydrogens is 226 g/mol. The molecule has 0 radical (unpaired) electrons. The number of hydrogen-bond acceptors (Lipinski definition) is 3. The molecule has 18 heavy (non-hydrogen) atoms. The van der Waals surface area contributed by atoms with Gasteiger partial charge in [-0.05, 0) is 24.5 Å². The van der Waals surface area contributed by atoms with Gasteiger partial charge in [0.1, 0.15) is 0 Å². The second-order valence-electron chi connectivity index (χ2n) is 5.26. The maximum atomic E-state index is 10.2. The second-order valence-corrected chi connectivity index (χ2v) is 5.26. The minimum absolute atomic E-state index is 0.00188. The van der Waals surface area contributed by atoms with E-state index in [2.05, 4.69) is 0 Å². The third-order valence-electron chi connectivity index (χ3n) is 3.91. The van der Waals surface area contributed by atoms with Crippen molar-refractivity contribution in [1.29, 1.82) is 0 Å². The van der Waals surface area contributed by atoms with Crippen LogP contribution < -0.4 is 5.06 Å². The van der Waals surface area contributed by atoms with Crippen molar-refractivity contribution >= 4 is 5.69 Å². The van der Waals surface area contributed by atoms with Gasteiger partial charge in [0.25, 0.3) is 0 Å². The van der Waals surface area contributed by atoms with Gasteiger partial charge in [-0.1, -0.05) is 50.3 Å². The number of benzene rings is 1. The van der Waals surface area contributed by atoms with Crippen LogP contribution in [0.3, 0.4) is 0 Å². The van der Waals surface area contributed by atoms with Gasteiger partial charge in [0.2, 0.25) is 0 Å². The number of para-hydroxylation sites is 1. The molecule has 1 aromatic carbocycles. The summed E-state index contributed by atoms with van der Waals surface area (Å²) in [4.78, 5) is 0. The number of aliphatic hydroxyl groups excluding tert-OH is 1. The van der Waals surface area contributed by atoms with Crippen LogP contribution in [0.2, 0.25) is 0 Å². The molecule has 1 saturated carbocycles. The van der Waals surface area contributed by atoms with Crippen molar-refractivity contribution in [3.05, 3.63) is 30.3 Å². The third-order valence-corrected chi connectivity index (χ3v) is 3.91. The Balaban J connectivity index is 1.95. The normalized spacial score (nSPS) is 18.6. The Bertz CT molecular complexity index is 336. The fraction of sp³-hybridized carbons (Fsp3) is 0.600. The lowest BCUT2D eigenvalue weighted by Crippen LogP contribution is -2.37. The summed E-state index contributed by atoms with van der Waals surface area (Å²) in [5.41, 5.74) is 0.757. The molecule has 1 aliphatic carbocycles. The Labute approximate surface area is 109 Å². The van der Waals surface area contributed by atoms with E-state index in [0.29, 0.717) is 5.92 Å². The van der Waals surface area contributed by atoms with Gasteiger partial charge >= 0.3 is 0 Å². The minimum Gasteiger partial charge on any atom is -0.394 e. The van der Waals surface area contributed by atoms with E-state index in [1.54, 1.807) is 0 Å². The van der Waals surface area contributed by atoms with Crippen LogP contribution in [-0.2, 0) is 0 Å². The summed E-state index contributed by atoms with van der Waals surface area (Å²) in [6.07, 6.45) is 7.27. The summed E-state index contributed by atoms with van der Waals surface area (Å²) >= 11 is 0. The molecule has 1 aromatic rings. The van der Waals surface area contributed by atoms with Gasteiger partial charge in [-0.2, -0.15) is 0 Å². The molecule has 0 aromatic heterocycles. The molecule has 1 atom stereocenters. The van der Waals surface area contributed by atoms with Crippen LogP contribution in [0.1, 0.15) is 38.5 Å². The van der Waals surface area contributed by atoms with Crippen LogP contribution in [-0.4, -0.2) is 23.0 Å². The van der Waals surface area contributed by atoms with Gasteiger partial charge in [0, 0.05) is 0 Å². The minimum atomic E-state index is -0.185. The first-order valence-electron chi connectivity index (χ1n) is 6.95. The number of hydrogen-bond donors (Lipinski definition) is 2. The van der Waals surface area contributed by atoms with Crippen LogP contribution in [0.4, 0.5) is 5.69 Å². The first-order valence-corrected chi connectivity index (χ1v) is 6.95. The lowest BCUT2D eigenvalue weighted by molar-refractivity contribution is 0.137. The van der Waals surface area contributed by atoms with Crippen molar-refractivity contribution in [2.24, 2.45) is 5.92 Å². The third kappa shape index (κ3) is 3.47. The monoisotopic (exact) mass is 249 g/mol. The molecule has 2 rings (SSSR count). The Hall–Kier alpha value is -1.06. The maximum Gasteiger partial charge on any atom is 0.0796 e. The van der Waals surface area contributed by atoms with Crippen molar-refractivity contribution in [2.75, 3.05) is 11.7 Å². The summed E-state index contributed by atoms with van der Waals surface area (Å²) in [5.74, 6) is 0.647. The van der Waals surface area contributed by atoms with E-state index in [0.717, 1.165) is 12.1 Å². The Morgan fingerprint density at radius 3 is 2.39 bits per heavy atom. The van der Waals surface area contributed by atoms with E-state index in [-0.39, 0.29) is 12.6 Å². The fourth-order valence-corrected chi connectivity index (χ4v) is 2.85. The van der Waals surface area contributed by atoms with E-state index in [9.17, 15) is 10.3 Å². The zero-order valence-corrected chi connectivity index (χ0v) is 10.8. The number of nitrogens with zero attached hydrogens (tertiary/aromatic N) is 1. The van der Waals surface area contributed by atoms with E-state index in [4.69, 9.17) is 0 Å². The molecule has 0 aliphatic heterocycles. The largest absolute Gasteiger partial charge is 0.394 e. The summed E-state index contributed by atoms with van der Waals surface area (Å²) in [6.45, 7) is 0.00188. The standard InChI is InChI=1S/C15H23NO2/c17-12-15(11-13-7-3-1-4-8-13)16(18)14-9-5-2-6-10-14/h2,5-6,9-10,13,15,17-18H,1,3-4,7-8,11-12H2. The van der Waals surface area contributed by atoms with Gasteiger partial charge < -0.3 is 5.11 Å². The van der Waals surface area contributed by atoms with E-state index < -0.39 is 0 Å². The van der Waals surface area contributed by atoms with Crippen LogP contribution in [0.25, 0.3) is 0 Å². The van der Waals surface area contributed by atoms with Crippen molar-refractivity contribution in [3.8, 4) is 0 Å². The molecule has 100 valence electrons. The molecule has 0 amide bonds. The van der Waals surface area contributed by atoms with Gasteiger partial charge in [0.05, 0.1) is 18.3 Å². The summed E-state index contributed by atoms with van der Waals surface area (Å²) in [6, 6.07) is 9.26. The highest BCUT2D eigenvalue weighted by atomic mass is 16.5. The molecular formula is C15H23NO2. The molecule has 0 bridgehead atoms. The SMILES string of the molecule is OCC(CC1CCCCC1)N(O)c1ccccc1. The Morgan fingerprint density at radius 2 is 1.78 bits per heavy atom. The zero-order chi connectivity index (χ0) is 12.8. The summed E-state index contributed by atoms with van der Waals surface area (Å²) in [7, 11) is 0. The Kier molecular flexibility index (Phi) is 5.02. The highest BCUT2D eigenvalue weighted by Crippen LogP contribution is 2.29. The number of aliphatic hydroxyl groups is 1. The van der Waals surface area contributed by atoms with Crippen molar-refractivity contribution < 1.29 is 10.3 Å². The molecule has 1 aliphatic rings. The maximum absolute atomic E-state index is 10.2. The highest BCUT2D eigenvalue weighted by molar-refractivity contribution is 5.43. The molecule has 0 saturated heterocycles.